The van der Waals surface area contributed by atoms with Crippen LogP contribution in [0.3, 0.4) is 0 Å². The van der Waals surface area contributed by atoms with E-state index < -0.39 is 0 Å². The summed E-state index contributed by atoms with van der Waals surface area (Å²) in [6.45, 7) is 2.91. The number of aromatic amines is 1. The first-order valence-corrected chi connectivity index (χ1v) is 8.08. The second kappa shape index (κ2) is 6.44. The van der Waals surface area contributed by atoms with Crippen LogP contribution in [0.1, 0.15) is 44.6 Å². The van der Waals surface area contributed by atoms with Crippen molar-refractivity contribution in [1.82, 2.24) is 10.3 Å². The Hall–Kier alpha value is -1.61. The van der Waals surface area contributed by atoms with Crippen LogP contribution < -0.4 is 10.9 Å². The Balaban J connectivity index is 1.69. The zero-order valence-electron chi connectivity index (χ0n) is 12.7. The second-order valence-electron chi connectivity index (χ2n) is 6.28. The summed E-state index contributed by atoms with van der Waals surface area (Å²) in [5.41, 5.74) is 1.76. The third-order valence-corrected chi connectivity index (χ3v) is 4.80. The lowest BCUT2D eigenvalue weighted by molar-refractivity contribution is 0.280. The van der Waals surface area contributed by atoms with Crippen molar-refractivity contribution in [3.8, 4) is 0 Å². The lowest BCUT2D eigenvalue weighted by Gasteiger charge is -2.28. The van der Waals surface area contributed by atoms with Crippen molar-refractivity contribution in [3.05, 3.63) is 46.2 Å². The zero-order valence-corrected chi connectivity index (χ0v) is 12.7. The normalized spacial score (nSPS) is 18.0. The van der Waals surface area contributed by atoms with E-state index in [1.54, 1.807) is 0 Å². The highest BCUT2D eigenvalue weighted by molar-refractivity contribution is 5.78. The first kappa shape index (κ1) is 14.3. The molecule has 2 N–H and O–H groups in total. The largest absolute Gasteiger partial charge is 0.322 e. The van der Waals surface area contributed by atoms with Gasteiger partial charge in [-0.05, 0) is 43.2 Å². The molecule has 1 heterocycles. The van der Waals surface area contributed by atoms with Gasteiger partial charge in [0.2, 0.25) is 0 Å². The minimum Gasteiger partial charge on any atom is -0.322 e. The van der Waals surface area contributed by atoms with Crippen molar-refractivity contribution < 1.29 is 0 Å². The Labute approximate surface area is 125 Å². The van der Waals surface area contributed by atoms with E-state index in [0.29, 0.717) is 12.6 Å². The molecule has 21 heavy (non-hydrogen) atoms. The number of aromatic nitrogens is 1. The summed E-state index contributed by atoms with van der Waals surface area (Å²) in [6.07, 6.45) is 6.73. The van der Waals surface area contributed by atoms with Crippen molar-refractivity contribution in [1.29, 1.82) is 0 Å². The van der Waals surface area contributed by atoms with Crippen LogP contribution in [-0.2, 0) is 6.54 Å². The van der Waals surface area contributed by atoms with Gasteiger partial charge in [0, 0.05) is 23.7 Å². The SMILES string of the molecule is C[C@@H](NCc1cc2ccccc2[nH]c1=O)C1CCCCC1. The molecule has 2 aromatic rings. The van der Waals surface area contributed by atoms with Crippen molar-refractivity contribution >= 4 is 10.9 Å². The summed E-state index contributed by atoms with van der Waals surface area (Å²) in [5, 5.41) is 4.65. The summed E-state index contributed by atoms with van der Waals surface area (Å²) < 4.78 is 0. The highest BCUT2D eigenvalue weighted by Gasteiger charge is 2.19. The Bertz CT molecular complexity index is 656. The molecule has 1 aliphatic carbocycles. The van der Waals surface area contributed by atoms with Crippen LogP contribution in [0.2, 0.25) is 0 Å². The van der Waals surface area contributed by atoms with E-state index in [2.05, 4.69) is 17.2 Å². The predicted molar refractivity (Wildman–Crippen MR) is 87.4 cm³/mol. The molecular weight excluding hydrogens is 260 g/mol. The average Bonchev–Trinajstić information content (AvgIpc) is 2.53. The number of para-hydroxylation sites is 1. The molecule has 0 bridgehead atoms. The average molecular weight is 284 g/mol. The van der Waals surface area contributed by atoms with Gasteiger partial charge in [0.05, 0.1) is 0 Å². The molecule has 1 aliphatic rings. The van der Waals surface area contributed by atoms with Crippen molar-refractivity contribution in [2.45, 2.75) is 51.6 Å². The Kier molecular flexibility index (Phi) is 4.39. The van der Waals surface area contributed by atoms with E-state index in [1.165, 1.54) is 32.1 Å². The van der Waals surface area contributed by atoms with Crippen LogP contribution in [0, 0.1) is 5.92 Å². The third-order valence-electron chi connectivity index (χ3n) is 4.80. The van der Waals surface area contributed by atoms with Crippen LogP contribution in [0.15, 0.2) is 35.1 Å². The summed E-state index contributed by atoms with van der Waals surface area (Å²) in [7, 11) is 0. The molecule has 3 rings (SSSR count). The number of rotatable bonds is 4. The number of hydrogen-bond donors (Lipinski definition) is 2. The van der Waals surface area contributed by atoms with E-state index in [9.17, 15) is 4.79 Å². The maximum Gasteiger partial charge on any atom is 0.252 e. The number of pyridine rings is 1. The van der Waals surface area contributed by atoms with E-state index in [-0.39, 0.29) is 5.56 Å². The topological polar surface area (TPSA) is 44.9 Å². The maximum atomic E-state index is 12.1. The molecular formula is C18H24N2O. The van der Waals surface area contributed by atoms with Gasteiger partial charge in [0.25, 0.3) is 5.56 Å². The van der Waals surface area contributed by atoms with E-state index in [0.717, 1.165) is 22.4 Å². The molecule has 3 heteroatoms. The van der Waals surface area contributed by atoms with E-state index in [4.69, 9.17) is 0 Å². The highest BCUT2D eigenvalue weighted by atomic mass is 16.1. The van der Waals surface area contributed by atoms with Crippen LogP contribution in [0.5, 0.6) is 0 Å². The number of nitrogens with one attached hydrogen (secondary N) is 2. The summed E-state index contributed by atoms with van der Waals surface area (Å²) in [5.74, 6) is 0.762. The molecule has 0 unspecified atom stereocenters. The van der Waals surface area contributed by atoms with Gasteiger partial charge in [-0.15, -0.1) is 0 Å². The van der Waals surface area contributed by atoms with Gasteiger partial charge in [-0.2, -0.15) is 0 Å². The molecule has 0 radical (unpaired) electrons. The zero-order chi connectivity index (χ0) is 14.7. The van der Waals surface area contributed by atoms with E-state index in [1.807, 2.05) is 30.3 Å². The fourth-order valence-corrected chi connectivity index (χ4v) is 3.40. The van der Waals surface area contributed by atoms with Gasteiger partial charge in [-0.25, -0.2) is 0 Å². The molecule has 1 saturated carbocycles. The molecule has 1 aromatic carbocycles. The first-order chi connectivity index (χ1) is 10.2. The Morgan fingerprint density at radius 2 is 2.00 bits per heavy atom. The molecule has 0 spiro atoms. The van der Waals surface area contributed by atoms with Gasteiger partial charge in [-0.1, -0.05) is 37.5 Å². The number of benzene rings is 1. The van der Waals surface area contributed by atoms with Crippen LogP contribution in [-0.4, -0.2) is 11.0 Å². The molecule has 1 aromatic heterocycles. The van der Waals surface area contributed by atoms with Crippen LogP contribution in [0.4, 0.5) is 0 Å². The number of hydrogen-bond acceptors (Lipinski definition) is 2. The van der Waals surface area contributed by atoms with Gasteiger partial charge in [0.15, 0.2) is 0 Å². The minimum atomic E-state index is 0.0250. The minimum absolute atomic E-state index is 0.0250. The van der Waals surface area contributed by atoms with Gasteiger partial charge in [-0.3, -0.25) is 4.79 Å². The fourth-order valence-electron chi connectivity index (χ4n) is 3.40. The van der Waals surface area contributed by atoms with Crippen molar-refractivity contribution in [2.24, 2.45) is 5.92 Å². The molecule has 0 amide bonds. The van der Waals surface area contributed by atoms with Crippen molar-refractivity contribution in [3.63, 3.8) is 0 Å². The second-order valence-corrected chi connectivity index (χ2v) is 6.28. The molecule has 112 valence electrons. The highest BCUT2D eigenvalue weighted by Crippen LogP contribution is 2.26. The smallest absolute Gasteiger partial charge is 0.252 e. The standard InChI is InChI=1S/C18H24N2O/c1-13(14-7-3-2-4-8-14)19-12-16-11-15-9-5-6-10-17(15)20-18(16)21/h5-6,9-11,13-14,19H,2-4,7-8,12H2,1H3,(H,20,21)/t13-/m1/s1. The van der Waals surface area contributed by atoms with Crippen LogP contribution >= 0.6 is 0 Å². The third kappa shape index (κ3) is 3.35. The summed E-state index contributed by atoms with van der Waals surface area (Å²) in [6, 6.07) is 10.4. The molecule has 0 aliphatic heterocycles. The van der Waals surface area contributed by atoms with Crippen LogP contribution in [0.25, 0.3) is 10.9 Å². The van der Waals surface area contributed by atoms with E-state index >= 15 is 0 Å². The monoisotopic (exact) mass is 284 g/mol. The summed E-state index contributed by atoms with van der Waals surface area (Å²) in [4.78, 5) is 15.1. The molecule has 0 saturated heterocycles. The van der Waals surface area contributed by atoms with Gasteiger partial charge >= 0.3 is 0 Å². The predicted octanol–water partition coefficient (Wildman–Crippen LogP) is 3.59. The molecule has 3 nitrogen and oxygen atoms in total. The fraction of sp³-hybridized carbons (Fsp3) is 0.500. The summed E-state index contributed by atoms with van der Waals surface area (Å²) >= 11 is 0. The number of H-pyrrole nitrogens is 1. The van der Waals surface area contributed by atoms with Crippen molar-refractivity contribution in [2.75, 3.05) is 0 Å². The number of fused-ring (bicyclic) bond motifs is 1. The first-order valence-electron chi connectivity index (χ1n) is 8.08. The lowest BCUT2D eigenvalue weighted by Crippen LogP contribution is -2.35. The molecule has 1 fully saturated rings. The van der Waals surface area contributed by atoms with Gasteiger partial charge < -0.3 is 10.3 Å². The lowest BCUT2D eigenvalue weighted by atomic mass is 9.84. The maximum absolute atomic E-state index is 12.1. The Morgan fingerprint density at radius 3 is 2.81 bits per heavy atom. The van der Waals surface area contributed by atoms with Gasteiger partial charge in [0.1, 0.15) is 0 Å². The molecule has 1 atom stereocenters. The quantitative estimate of drug-likeness (QED) is 0.901. The Morgan fingerprint density at radius 1 is 1.24 bits per heavy atom.